The maximum Gasteiger partial charge on any atom is 0.243 e. The number of aromatic nitrogens is 3. The van der Waals surface area contributed by atoms with Gasteiger partial charge in [0.2, 0.25) is 5.91 Å². The molecule has 1 aliphatic carbocycles. The molecule has 0 fully saturated rings. The smallest absolute Gasteiger partial charge is 0.243 e. The van der Waals surface area contributed by atoms with Gasteiger partial charge in [0, 0.05) is 23.4 Å². The fraction of sp³-hybridized carbons (Fsp3) is 0.333. The summed E-state index contributed by atoms with van der Waals surface area (Å²) < 4.78 is 1.75. The van der Waals surface area contributed by atoms with Gasteiger partial charge in [-0.05, 0) is 48.6 Å². The van der Waals surface area contributed by atoms with Crippen molar-refractivity contribution in [3.05, 3.63) is 78.0 Å². The van der Waals surface area contributed by atoms with Gasteiger partial charge in [0.1, 0.15) is 12.7 Å². The molecule has 0 bridgehead atoms. The van der Waals surface area contributed by atoms with Gasteiger partial charge in [-0.15, -0.1) is 0 Å². The SMILES string of the molecule is CC1C2=C(CC(C)(C)CC2=O)Nc2ccccc2N1CC(=O)Nc1ccc(Cn2cncn2)cc1. The van der Waals surface area contributed by atoms with Crippen LogP contribution in [-0.2, 0) is 16.1 Å². The second-order valence-corrected chi connectivity index (χ2v) is 10.1. The predicted molar refractivity (Wildman–Crippen MR) is 136 cm³/mol. The number of hydrogen-bond acceptors (Lipinski definition) is 6. The number of allylic oxidation sites excluding steroid dienone is 1. The Kier molecular flexibility index (Phi) is 5.88. The number of anilines is 3. The third-order valence-corrected chi connectivity index (χ3v) is 6.67. The fourth-order valence-corrected chi connectivity index (χ4v) is 5.06. The van der Waals surface area contributed by atoms with Crippen molar-refractivity contribution >= 4 is 28.8 Å². The quantitative estimate of drug-likeness (QED) is 0.580. The molecule has 2 heterocycles. The fourth-order valence-electron chi connectivity index (χ4n) is 5.06. The molecule has 1 atom stereocenters. The lowest BCUT2D eigenvalue weighted by Crippen LogP contribution is -2.43. The molecule has 180 valence electrons. The second-order valence-electron chi connectivity index (χ2n) is 10.1. The van der Waals surface area contributed by atoms with Crippen LogP contribution in [0, 0.1) is 5.41 Å². The number of fused-ring (bicyclic) bond motifs is 1. The molecule has 8 heteroatoms. The van der Waals surface area contributed by atoms with Gasteiger partial charge in [-0.1, -0.05) is 38.1 Å². The minimum Gasteiger partial charge on any atom is -0.357 e. The highest BCUT2D eigenvalue weighted by molar-refractivity contribution is 6.02. The van der Waals surface area contributed by atoms with Gasteiger partial charge in [-0.3, -0.25) is 9.59 Å². The number of Topliss-reactive ketones (excluding diaryl/α,β-unsaturated/α-hetero) is 1. The molecular weight excluding hydrogens is 440 g/mol. The molecule has 2 aliphatic rings. The lowest BCUT2D eigenvalue weighted by atomic mass is 9.74. The number of rotatable bonds is 5. The van der Waals surface area contributed by atoms with E-state index in [0.29, 0.717) is 13.0 Å². The van der Waals surface area contributed by atoms with Gasteiger partial charge in [-0.2, -0.15) is 5.10 Å². The molecule has 0 saturated carbocycles. The maximum atomic E-state index is 13.2. The Hall–Kier alpha value is -3.94. The first kappa shape index (κ1) is 22.8. The average molecular weight is 471 g/mol. The van der Waals surface area contributed by atoms with E-state index in [1.807, 2.05) is 60.4 Å². The Labute approximate surface area is 205 Å². The van der Waals surface area contributed by atoms with E-state index in [0.717, 1.165) is 40.3 Å². The summed E-state index contributed by atoms with van der Waals surface area (Å²) in [4.78, 5) is 32.3. The van der Waals surface area contributed by atoms with Crippen LogP contribution in [0.4, 0.5) is 17.1 Å². The van der Waals surface area contributed by atoms with Crippen LogP contribution in [0.1, 0.15) is 39.2 Å². The van der Waals surface area contributed by atoms with Crippen LogP contribution in [0.25, 0.3) is 0 Å². The first-order valence-corrected chi connectivity index (χ1v) is 11.9. The van der Waals surface area contributed by atoms with Crippen molar-refractivity contribution in [2.45, 2.75) is 46.2 Å². The van der Waals surface area contributed by atoms with Crippen molar-refractivity contribution < 1.29 is 9.59 Å². The van der Waals surface area contributed by atoms with Crippen LogP contribution in [0.5, 0.6) is 0 Å². The van der Waals surface area contributed by atoms with Gasteiger partial charge in [-0.25, -0.2) is 9.67 Å². The third kappa shape index (κ3) is 4.82. The number of hydrogen-bond donors (Lipinski definition) is 2. The predicted octanol–water partition coefficient (Wildman–Crippen LogP) is 4.23. The van der Waals surface area contributed by atoms with E-state index >= 15 is 0 Å². The molecule has 5 rings (SSSR count). The second kappa shape index (κ2) is 9.02. The zero-order valence-electron chi connectivity index (χ0n) is 20.3. The monoisotopic (exact) mass is 470 g/mol. The summed E-state index contributed by atoms with van der Waals surface area (Å²) in [6, 6.07) is 15.4. The van der Waals surface area contributed by atoms with Crippen LogP contribution >= 0.6 is 0 Å². The zero-order chi connectivity index (χ0) is 24.6. The van der Waals surface area contributed by atoms with Gasteiger partial charge < -0.3 is 15.5 Å². The third-order valence-electron chi connectivity index (χ3n) is 6.67. The van der Waals surface area contributed by atoms with E-state index < -0.39 is 0 Å². The number of ketones is 1. The highest BCUT2D eigenvalue weighted by atomic mass is 16.2. The molecule has 1 unspecified atom stereocenters. The highest BCUT2D eigenvalue weighted by Gasteiger charge is 2.39. The Bertz CT molecular complexity index is 1280. The molecule has 0 radical (unpaired) electrons. The standard InChI is InChI=1S/C27H30N6O2/c1-18-26-22(12-27(2,3)13-24(26)34)31-21-6-4-5-7-23(21)33(18)15-25(35)30-20-10-8-19(9-11-20)14-32-17-28-16-29-32/h4-11,16-18,31H,12-15H2,1-3H3,(H,30,35). The Morgan fingerprint density at radius 1 is 1.14 bits per heavy atom. The largest absolute Gasteiger partial charge is 0.357 e. The number of amides is 1. The Morgan fingerprint density at radius 2 is 1.91 bits per heavy atom. The van der Waals surface area contributed by atoms with E-state index in [2.05, 4.69) is 34.6 Å². The lowest BCUT2D eigenvalue weighted by molar-refractivity contribution is -0.118. The van der Waals surface area contributed by atoms with Crippen LogP contribution < -0.4 is 15.5 Å². The molecule has 2 N–H and O–H groups in total. The van der Waals surface area contributed by atoms with Gasteiger partial charge >= 0.3 is 0 Å². The van der Waals surface area contributed by atoms with Gasteiger partial charge in [0.05, 0.1) is 30.5 Å². The van der Waals surface area contributed by atoms with Crippen molar-refractivity contribution in [2.75, 3.05) is 22.1 Å². The molecule has 0 spiro atoms. The summed E-state index contributed by atoms with van der Waals surface area (Å²) in [5.41, 5.74) is 5.28. The number of nitrogens with one attached hydrogen (secondary N) is 2. The molecule has 1 aromatic heterocycles. The zero-order valence-corrected chi connectivity index (χ0v) is 20.3. The molecule has 35 heavy (non-hydrogen) atoms. The topological polar surface area (TPSA) is 92.2 Å². The van der Waals surface area contributed by atoms with E-state index in [9.17, 15) is 9.59 Å². The maximum absolute atomic E-state index is 13.2. The first-order valence-electron chi connectivity index (χ1n) is 11.9. The normalized spacial score (nSPS) is 18.9. The van der Waals surface area contributed by atoms with Crippen LogP contribution in [-0.4, -0.2) is 39.0 Å². The number of carbonyl (C=O) groups is 2. The molecule has 1 amide bonds. The number of benzene rings is 2. The summed E-state index contributed by atoms with van der Waals surface area (Å²) in [5, 5.41) is 10.7. The van der Waals surface area contributed by atoms with Crippen LogP contribution in [0.2, 0.25) is 0 Å². The number of nitrogens with zero attached hydrogens (tertiary/aromatic N) is 4. The van der Waals surface area contributed by atoms with Crippen molar-refractivity contribution in [3.63, 3.8) is 0 Å². The summed E-state index contributed by atoms with van der Waals surface area (Å²) in [7, 11) is 0. The minimum absolute atomic E-state index is 0.0930. The molecule has 8 nitrogen and oxygen atoms in total. The number of carbonyl (C=O) groups excluding carboxylic acids is 2. The molecule has 2 aromatic carbocycles. The number of para-hydroxylation sites is 2. The van der Waals surface area contributed by atoms with Gasteiger partial charge in [0.15, 0.2) is 5.78 Å². The van der Waals surface area contributed by atoms with Crippen molar-refractivity contribution in [3.8, 4) is 0 Å². The van der Waals surface area contributed by atoms with E-state index in [-0.39, 0.29) is 29.7 Å². The van der Waals surface area contributed by atoms with Crippen molar-refractivity contribution in [1.82, 2.24) is 14.8 Å². The molecular formula is C27H30N6O2. The van der Waals surface area contributed by atoms with Gasteiger partial charge in [0.25, 0.3) is 0 Å². The van der Waals surface area contributed by atoms with Crippen molar-refractivity contribution in [2.24, 2.45) is 5.41 Å². The molecule has 1 aliphatic heterocycles. The minimum atomic E-state index is -0.222. The first-order chi connectivity index (χ1) is 16.8. The van der Waals surface area contributed by atoms with E-state index in [1.54, 1.807) is 11.0 Å². The molecule has 3 aromatic rings. The summed E-state index contributed by atoms with van der Waals surface area (Å²) >= 11 is 0. The van der Waals surface area contributed by atoms with E-state index in [4.69, 9.17) is 0 Å². The van der Waals surface area contributed by atoms with Crippen LogP contribution in [0.3, 0.4) is 0 Å². The summed E-state index contributed by atoms with van der Waals surface area (Å²) in [6.07, 6.45) is 4.49. The lowest BCUT2D eigenvalue weighted by Gasteiger charge is -2.36. The summed E-state index contributed by atoms with van der Waals surface area (Å²) in [5.74, 6) is 0.0146. The summed E-state index contributed by atoms with van der Waals surface area (Å²) in [6.45, 7) is 7.02. The van der Waals surface area contributed by atoms with Crippen LogP contribution in [0.15, 0.2) is 72.5 Å². The Balaban J connectivity index is 1.35. The highest BCUT2D eigenvalue weighted by Crippen LogP contribution is 2.43. The average Bonchev–Trinajstić information content (AvgIpc) is 3.27. The molecule has 0 saturated heterocycles. The van der Waals surface area contributed by atoms with Crippen molar-refractivity contribution in [1.29, 1.82) is 0 Å². The Morgan fingerprint density at radius 3 is 2.66 bits per heavy atom. The van der Waals surface area contributed by atoms with E-state index in [1.165, 1.54) is 6.33 Å².